The molecular formula is C16H19FO4S2. The summed E-state index contributed by atoms with van der Waals surface area (Å²) in [7, 11) is 0. The van der Waals surface area contributed by atoms with Crippen molar-refractivity contribution in [1.82, 2.24) is 0 Å². The lowest BCUT2D eigenvalue weighted by atomic mass is 9.96. The maximum Gasteiger partial charge on any atom is 0.220 e. The SMILES string of the molecule is CSC(=S)O[C@@H]1C[C@H]([C@@H]2COC(C)(C)O2)Oc2cccc(F)c21. The molecule has 1 saturated heterocycles. The summed E-state index contributed by atoms with van der Waals surface area (Å²) in [6.07, 6.45) is 1.30. The Bertz CT molecular complexity index is 608. The maximum atomic E-state index is 14.2. The molecule has 0 N–H and O–H groups in total. The highest BCUT2D eigenvalue weighted by molar-refractivity contribution is 8.22. The Balaban J connectivity index is 1.86. The Hall–Kier alpha value is -0.890. The lowest BCUT2D eigenvalue weighted by molar-refractivity contribution is -0.152. The van der Waals surface area contributed by atoms with Crippen LogP contribution in [0.4, 0.5) is 4.39 Å². The minimum atomic E-state index is -0.638. The molecule has 2 aliphatic heterocycles. The van der Waals surface area contributed by atoms with Gasteiger partial charge in [0.2, 0.25) is 4.38 Å². The van der Waals surface area contributed by atoms with Crippen LogP contribution in [0.3, 0.4) is 0 Å². The van der Waals surface area contributed by atoms with Gasteiger partial charge in [-0.1, -0.05) is 17.8 Å². The summed E-state index contributed by atoms with van der Waals surface area (Å²) in [5, 5.41) is 0. The molecule has 0 aromatic heterocycles. The number of fused-ring (bicyclic) bond motifs is 1. The smallest absolute Gasteiger partial charge is 0.220 e. The summed E-state index contributed by atoms with van der Waals surface area (Å²) in [4.78, 5) is 0. The van der Waals surface area contributed by atoms with E-state index >= 15 is 0 Å². The van der Waals surface area contributed by atoms with Gasteiger partial charge in [0.05, 0.1) is 12.2 Å². The molecule has 3 atom stereocenters. The molecule has 3 rings (SSSR count). The Kier molecular flexibility index (Phi) is 4.83. The van der Waals surface area contributed by atoms with E-state index in [1.807, 2.05) is 20.1 Å². The fourth-order valence-electron chi connectivity index (χ4n) is 2.87. The zero-order chi connectivity index (χ0) is 16.6. The molecule has 1 fully saturated rings. The average Bonchev–Trinajstić information content (AvgIpc) is 2.87. The van der Waals surface area contributed by atoms with Crippen molar-refractivity contribution in [3.05, 3.63) is 29.6 Å². The van der Waals surface area contributed by atoms with Crippen molar-refractivity contribution in [2.75, 3.05) is 12.9 Å². The van der Waals surface area contributed by atoms with Gasteiger partial charge in [-0.05, 0) is 44.5 Å². The normalized spacial score (nSPS) is 28.8. The molecule has 0 unspecified atom stereocenters. The Morgan fingerprint density at radius 2 is 2.17 bits per heavy atom. The third-order valence-electron chi connectivity index (χ3n) is 3.91. The first-order chi connectivity index (χ1) is 10.9. The highest BCUT2D eigenvalue weighted by Gasteiger charge is 2.43. The summed E-state index contributed by atoms with van der Waals surface area (Å²) in [6.45, 7) is 4.16. The predicted octanol–water partition coefficient (Wildman–Crippen LogP) is 3.83. The molecule has 2 heterocycles. The Morgan fingerprint density at radius 1 is 1.39 bits per heavy atom. The summed E-state index contributed by atoms with van der Waals surface area (Å²) >= 11 is 6.46. The van der Waals surface area contributed by atoms with Gasteiger partial charge in [0.15, 0.2) is 5.79 Å². The van der Waals surface area contributed by atoms with Gasteiger partial charge in [-0.25, -0.2) is 4.39 Å². The number of hydrogen-bond acceptors (Lipinski definition) is 6. The minimum Gasteiger partial charge on any atom is -0.487 e. The number of rotatable bonds is 2. The average molecular weight is 358 g/mol. The van der Waals surface area contributed by atoms with Crippen LogP contribution in [0, 0.1) is 5.82 Å². The van der Waals surface area contributed by atoms with Crippen LogP contribution >= 0.6 is 24.0 Å². The molecule has 2 aliphatic rings. The molecule has 7 heteroatoms. The van der Waals surface area contributed by atoms with Crippen molar-refractivity contribution in [2.45, 2.75) is 44.4 Å². The van der Waals surface area contributed by atoms with E-state index in [2.05, 4.69) is 0 Å². The first-order valence-corrected chi connectivity index (χ1v) is 9.04. The van der Waals surface area contributed by atoms with Gasteiger partial charge in [0, 0.05) is 6.42 Å². The first kappa shape index (κ1) is 17.0. The molecule has 0 radical (unpaired) electrons. The van der Waals surface area contributed by atoms with Gasteiger partial charge in [0.1, 0.15) is 29.9 Å². The van der Waals surface area contributed by atoms with E-state index in [1.54, 1.807) is 12.1 Å². The topological polar surface area (TPSA) is 36.9 Å². The minimum absolute atomic E-state index is 0.227. The van der Waals surface area contributed by atoms with Crippen molar-refractivity contribution >= 4 is 28.4 Å². The van der Waals surface area contributed by atoms with E-state index in [1.165, 1.54) is 17.8 Å². The van der Waals surface area contributed by atoms with E-state index in [-0.39, 0.29) is 18.0 Å². The number of benzene rings is 1. The van der Waals surface area contributed by atoms with Gasteiger partial charge < -0.3 is 18.9 Å². The molecule has 0 amide bonds. The summed E-state index contributed by atoms with van der Waals surface area (Å²) < 4.78 is 37.8. The van der Waals surface area contributed by atoms with Crippen molar-refractivity contribution in [3.63, 3.8) is 0 Å². The highest BCUT2D eigenvalue weighted by Crippen LogP contribution is 2.42. The fraction of sp³-hybridized carbons (Fsp3) is 0.562. The largest absolute Gasteiger partial charge is 0.487 e. The Morgan fingerprint density at radius 3 is 2.83 bits per heavy atom. The standard InChI is InChI=1S/C16H19FO4S2/c1-16(2)18-8-13(21-16)11-7-12(20-15(22)23-3)14-9(17)5-4-6-10(14)19-11/h4-6,11-13H,7-8H2,1-3H3/t11-,12-,13+/m1/s1. The Labute approximate surface area is 144 Å². The highest BCUT2D eigenvalue weighted by atomic mass is 32.2. The van der Waals surface area contributed by atoms with Crippen molar-refractivity contribution in [2.24, 2.45) is 0 Å². The van der Waals surface area contributed by atoms with Gasteiger partial charge >= 0.3 is 0 Å². The van der Waals surface area contributed by atoms with Crippen molar-refractivity contribution < 1.29 is 23.3 Å². The zero-order valence-corrected chi connectivity index (χ0v) is 14.8. The molecule has 1 aromatic carbocycles. The van der Waals surface area contributed by atoms with Crippen LogP contribution in [0.1, 0.15) is 31.9 Å². The molecule has 1 aromatic rings. The second kappa shape index (κ2) is 6.55. The van der Waals surface area contributed by atoms with E-state index in [4.69, 9.17) is 31.2 Å². The summed E-state index contributed by atoms with van der Waals surface area (Å²) in [5.74, 6) is -0.511. The van der Waals surface area contributed by atoms with Crippen LogP contribution in [0.2, 0.25) is 0 Å². The molecule has 4 nitrogen and oxygen atoms in total. The van der Waals surface area contributed by atoms with Gasteiger partial charge in [-0.15, -0.1) is 0 Å². The fourth-order valence-corrected chi connectivity index (χ4v) is 3.20. The van der Waals surface area contributed by atoms with E-state index in [9.17, 15) is 4.39 Å². The second-order valence-electron chi connectivity index (χ2n) is 5.97. The molecule has 0 saturated carbocycles. The van der Waals surface area contributed by atoms with Crippen LogP contribution in [-0.2, 0) is 14.2 Å². The number of thioether (sulfide) groups is 1. The summed E-state index contributed by atoms with van der Waals surface area (Å²) in [5.41, 5.74) is 0.415. The third kappa shape index (κ3) is 3.63. The van der Waals surface area contributed by atoms with Crippen molar-refractivity contribution in [1.29, 1.82) is 0 Å². The lowest BCUT2D eigenvalue weighted by Crippen LogP contribution is -2.40. The molecule has 0 bridgehead atoms. The number of thiocarbonyl (C=S) groups is 1. The van der Waals surface area contributed by atoms with Crippen LogP contribution in [0.15, 0.2) is 18.2 Å². The van der Waals surface area contributed by atoms with Gasteiger partial charge in [-0.3, -0.25) is 0 Å². The number of halogens is 1. The zero-order valence-electron chi connectivity index (χ0n) is 13.2. The number of ether oxygens (including phenoxy) is 4. The maximum absolute atomic E-state index is 14.2. The molecule has 0 aliphatic carbocycles. The third-order valence-corrected chi connectivity index (χ3v) is 4.94. The van der Waals surface area contributed by atoms with E-state index < -0.39 is 11.9 Å². The van der Waals surface area contributed by atoms with Gasteiger partial charge in [-0.2, -0.15) is 0 Å². The van der Waals surface area contributed by atoms with Crippen LogP contribution in [-0.4, -0.2) is 35.2 Å². The van der Waals surface area contributed by atoms with E-state index in [0.29, 0.717) is 28.7 Å². The molecule has 23 heavy (non-hydrogen) atoms. The predicted molar refractivity (Wildman–Crippen MR) is 90.3 cm³/mol. The summed E-state index contributed by atoms with van der Waals surface area (Å²) in [6, 6.07) is 4.76. The molecule has 126 valence electrons. The molecule has 0 spiro atoms. The van der Waals surface area contributed by atoms with Gasteiger partial charge in [0.25, 0.3) is 0 Å². The van der Waals surface area contributed by atoms with Crippen LogP contribution in [0.5, 0.6) is 5.75 Å². The quantitative estimate of drug-likeness (QED) is 0.748. The van der Waals surface area contributed by atoms with Crippen LogP contribution < -0.4 is 4.74 Å². The molecular weight excluding hydrogens is 339 g/mol. The van der Waals surface area contributed by atoms with Crippen molar-refractivity contribution in [3.8, 4) is 5.75 Å². The monoisotopic (exact) mass is 358 g/mol. The first-order valence-electron chi connectivity index (χ1n) is 7.41. The lowest BCUT2D eigenvalue weighted by Gasteiger charge is -2.34. The second-order valence-corrected chi connectivity index (χ2v) is 7.38. The van der Waals surface area contributed by atoms with E-state index in [0.717, 1.165) is 0 Å². The van der Waals surface area contributed by atoms with Crippen LogP contribution in [0.25, 0.3) is 0 Å². The number of hydrogen-bond donors (Lipinski definition) is 0.